The number of aromatic nitrogens is 1. The van der Waals surface area contributed by atoms with Gasteiger partial charge < -0.3 is 9.84 Å². The molecule has 1 rings (SSSR count). The van der Waals surface area contributed by atoms with Gasteiger partial charge in [0.25, 0.3) is 0 Å². The van der Waals surface area contributed by atoms with Crippen molar-refractivity contribution >= 4 is 17.5 Å². The van der Waals surface area contributed by atoms with Crippen molar-refractivity contribution in [3.63, 3.8) is 0 Å². The van der Waals surface area contributed by atoms with Crippen LogP contribution in [0.15, 0.2) is 4.52 Å². The largest absolute Gasteiger partial charge is 0.361 e. The van der Waals surface area contributed by atoms with Crippen molar-refractivity contribution in [1.82, 2.24) is 10.5 Å². The quantitative estimate of drug-likeness (QED) is 0.806. The second-order valence-corrected chi connectivity index (χ2v) is 3.67. The summed E-state index contributed by atoms with van der Waals surface area (Å²) >= 11 is 5.44. The molecule has 1 atom stereocenters. The van der Waals surface area contributed by atoms with Gasteiger partial charge in [-0.1, -0.05) is 12.1 Å². The lowest BCUT2D eigenvalue weighted by molar-refractivity contribution is -0.119. The van der Waals surface area contributed by atoms with Crippen LogP contribution in [0.3, 0.4) is 0 Å². The highest BCUT2D eigenvalue weighted by Gasteiger charge is 2.20. The zero-order valence-corrected chi connectivity index (χ0v) is 9.89. The summed E-state index contributed by atoms with van der Waals surface area (Å²) in [6.45, 7) is 5.69. The molecular formula is C10H15ClN2O2. The van der Waals surface area contributed by atoms with Gasteiger partial charge in [0, 0.05) is 5.56 Å². The molecule has 1 N–H and O–H groups in total. The molecule has 0 radical (unpaired) electrons. The molecule has 0 saturated heterocycles. The highest BCUT2D eigenvalue weighted by Crippen LogP contribution is 2.23. The van der Waals surface area contributed by atoms with E-state index < -0.39 is 0 Å². The first-order valence-electron chi connectivity index (χ1n) is 4.88. The lowest BCUT2D eigenvalue weighted by atomic mass is 10.0. The SMILES string of the molecule is CCC(NC(=O)CCl)c1c(C)noc1C. The summed E-state index contributed by atoms with van der Waals surface area (Å²) < 4.78 is 5.06. The molecule has 5 heteroatoms. The molecule has 0 saturated carbocycles. The summed E-state index contributed by atoms with van der Waals surface area (Å²) in [5.41, 5.74) is 1.77. The van der Waals surface area contributed by atoms with Gasteiger partial charge in [0.1, 0.15) is 11.6 Å². The van der Waals surface area contributed by atoms with E-state index >= 15 is 0 Å². The Hall–Kier alpha value is -1.03. The van der Waals surface area contributed by atoms with E-state index in [1.807, 2.05) is 20.8 Å². The van der Waals surface area contributed by atoms with Crippen LogP contribution in [0.5, 0.6) is 0 Å². The minimum Gasteiger partial charge on any atom is -0.361 e. The zero-order chi connectivity index (χ0) is 11.4. The number of nitrogens with one attached hydrogen (secondary N) is 1. The minimum atomic E-state index is -0.177. The van der Waals surface area contributed by atoms with Gasteiger partial charge in [-0.3, -0.25) is 4.79 Å². The van der Waals surface area contributed by atoms with E-state index in [1.165, 1.54) is 0 Å². The number of aryl methyl sites for hydroxylation is 2. The maximum absolute atomic E-state index is 11.2. The van der Waals surface area contributed by atoms with Crippen molar-refractivity contribution in [3.05, 3.63) is 17.0 Å². The molecule has 0 aliphatic heterocycles. The van der Waals surface area contributed by atoms with Crippen molar-refractivity contribution in [3.8, 4) is 0 Å². The number of hydrogen-bond acceptors (Lipinski definition) is 3. The zero-order valence-electron chi connectivity index (χ0n) is 9.13. The number of nitrogens with zero attached hydrogens (tertiary/aromatic N) is 1. The molecule has 4 nitrogen and oxygen atoms in total. The van der Waals surface area contributed by atoms with Gasteiger partial charge in [-0.15, -0.1) is 11.6 Å². The molecular weight excluding hydrogens is 216 g/mol. The first-order chi connectivity index (χ1) is 7.10. The molecule has 0 aromatic carbocycles. The average Bonchev–Trinajstić information content (AvgIpc) is 2.55. The Kier molecular flexibility index (Phi) is 4.15. The van der Waals surface area contributed by atoms with Crippen LogP contribution in [0.2, 0.25) is 0 Å². The van der Waals surface area contributed by atoms with Gasteiger partial charge in [-0.2, -0.15) is 0 Å². The smallest absolute Gasteiger partial charge is 0.235 e. The molecule has 0 bridgehead atoms. The molecule has 0 fully saturated rings. The van der Waals surface area contributed by atoms with Gasteiger partial charge in [-0.25, -0.2) is 0 Å². The molecule has 0 aliphatic carbocycles. The number of alkyl halides is 1. The van der Waals surface area contributed by atoms with Crippen LogP contribution in [0.1, 0.15) is 36.4 Å². The molecule has 84 valence electrons. The van der Waals surface area contributed by atoms with E-state index in [0.29, 0.717) is 0 Å². The van der Waals surface area contributed by atoms with Crippen LogP contribution in [0.25, 0.3) is 0 Å². The monoisotopic (exact) mass is 230 g/mol. The summed E-state index contributed by atoms with van der Waals surface area (Å²) in [5, 5.41) is 6.69. The Balaban J connectivity index is 2.87. The summed E-state index contributed by atoms with van der Waals surface area (Å²) in [5.74, 6) is 0.539. The predicted molar refractivity (Wildman–Crippen MR) is 57.9 cm³/mol. The average molecular weight is 231 g/mol. The van der Waals surface area contributed by atoms with Gasteiger partial charge >= 0.3 is 0 Å². The number of amides is 1. The van der Waals surface area contributed by atoms with E-state index in [1.54, 1.807) is 0 Å². The van der Waals surface area contributed by atoms with Crippen molar-refractivity contribution in [2.75, 3.05) is 5.88 Å². The topological polar surface area (TPSA) is 55.1 Å². The molecule has 1 heterocycles. The summed E-state index contributed by atoms with van der Waals surface area (Å²) in [6, 6.07) is -0.0671. The maximum Gasteiger partial charge on any atom is 0.235 e. The molecule has 0 spiro atoms. The predicted octanol–water partition coefficient (Wildman–Crippen LogP) is 2.10. The Labute approximate surface area is 94.0 Å². The van der Waals surface area contributed by atoms with Crippen LogP contribution < -0.4 is 5.32 Å². The van der Waals surface area contributed by atoms with Gasteiger partial charge in [0.15, 0.2) is 0 Å². The van der Waals surface area contributed by atoms with Gasteiger partial charge in [0.2, 0.25) is 5.91 Å². The molecule has 1 aromatic rings. The van der Waals surface area contributed by atoms with Crippen molar-refractivity contribution in [1.29, 1.82) is 0 Å². The first-order valence-corrected chi connectivity index (χ1v) is 5.41. The Morgan fingerprint density at radius 1 is 1.60 bits per heavy atom. The third-order valence-corrected chi connectivity index (χ3v) is 2.54. The lowest BCUT2D eigenvalue weighted by Gasteiger charge is -2.15. The third-order valence-electron chi connectivity index (χ3n) is 2.30. The summed E-state index contributed by atoms with van der Waals surface area (Å²) in [4.78, 5) is 11.2. The fraction of sp³-hybridized carbons (Fsp3) is 0.600. The maximum atomic E-state index is 11.2. The second-order valence-electron chi connectivity index (χ2n) is 3.40. The summed E-state index contributed by atoms with van der Waals surface area (Å²) in [6.07, 6.45) is 0.783. The highest BCUT2D eigenvalue weighted by molar-refractivity contribution is 6.27. The van der Waals surface area contributed by atoms with E-state index in [9.17, 15) is 4.79 Å². The molecule has 0 aliphatic rings. The molecule has 1 aromatic heterocycles. The van der Waals surface area contributed by atoms with Crippen LogP contribution in [-0.4, -0.2) is 16.9 Å². The standard InChI is InChI=1S/C10H15ClN2O2/c1-4-8(12-9(14)5-11)10-6(2)13-15-7(10)3/h8H,4-5H2,1-3H3,(H,12,14). The lowest BCUT2D eigenvalue weighted by Crippen LogP contribution is -2.29. The normalized spacial score (nSPS) is 12.5. The van der Waals surface area contributed by atoms with E-state index in [2.05, 4.69) is 10.5 Å². The molecule has 15 heavy (non-hydrogen) atoms. The molecule has 1 unspecified atom stereocenters. The Morgan fingerprint density at radius 3 is 2.67 bits per heavy atom. The number of halogens is 1. The number of carbonyl (C=O) groups is 1. The van der Waals surface area contributed by atoms with Crippen LogP contribution in [0.4, 0.5) is 0 Å². The third kappa shape index (κ3) is 2.72. The van der Waals surface area contributed by atoms with Crippen molar-refractivity contribution in [2.45, 2.75) is 33.2 Å². The van der Waals surface area contributed by atoms with Gasteiger partial charge in [0.05, 0.1) is 11.7 Å². The van der Waals surface area contributed by atoms with Crippen LogP contribution in [-0.2, 0) is 4.79 Å². The minimum absolute atomic E-state index is 0.0279. The molecule has 1 amide bonds. The number of hydrogen-bond donors (Lipinski definition) is 1. The van der Waals surface area contributed by atoms with E-state index in [0.717, 1.165) is 23.4 Å². The Bertz CT molecular complexity index is 330. The van der Waals surface area contributed by atoms with Crippen LogP contribution in [0, 0.1) is 13.8 Å². The van der Waals surface area contributed by atoms with Gasteiger partial charge in [-0.05, 0) is 20.3 Å². The van der Waals surface area contributed by atoms with E-state index in [4.69, 9.17) is 16.1 Å². The van der Waals surface area contributed by atoms with E-state index in [-0.39, 0.29) is 17.8 Å². The van der Waals surface area contributed by atoms with Crippen LogP contribution >= 0.6 is 11.6 Å². The Morgan fingerprint density at radius 2 is 2.27 bits per heavy atom. The second kappa shape index (κ2) is 5.16. The number of carbonyl (C=O) groups excluding carboxylic acids is 1. The van der Waals surface area contributed by atoms with Crippen molar-refractivity contribution < 1.29 is 9.32 Å². The fourth-order valence-corrected chi connectivity index (χ4v) is 1.68. The van der Waals surface area contributed by atoms with Crippen molar-refractivity contribution in [2.24, 2.45) is 0 Å². The number of rotatable bonds is 4. The first kappa shape index (κ1) is 12.0. The fourth-order valence-electron chi connectivity index (χ4n) is 1.60. The highest BCUT2D eigenvalue weighted by atomic mass is 35.5. The summed E-state index contributed by atoms with van der Waals surface area (Å²) in [7, 11) is 0.